The third-order valence-corrected chi connectivity index (χ3v) is 5.13. The number of aliphatic imine (C=N–C) groups is 1. The van der Waals surface area contributed by atoms with E-state index in [1.54, 1.807) is 7.05 Å². The second kappa shape index (κ2) is 12.6. The van der Waals surface area contributed by atoms with Gasteiger partial charge in [-0.25, -0.2) is 9.97 Å². The summed E-state index contributed by atoms with van der Waals surface area (Å²) in [5.41, 5.74) is -0.964. The van der Waals surface area contributed by atoms with E-state index in [0.29, 0.717) is 19.7 Å². The number of piperidine rings is 1. The first-order chi connectivity index (χ1) is 14.5. The number of nitrogens with zero attached hydrogens (tertiary/aromatic N) is 4. The maximum absolute atomic E-state index is 12.7. The van der Waals surface area contributed by atoms with E-state index in [1.165, 1.54) is 0 Å². The smallest absolute Gasteiger partial charge is 0.376 e. The number of hydrogen-bond donors (Lipinski definition) is 2. The lowest BCUT2D eigenvalue weighted by Gasteiger charge is -2.34. The van der Waals surface area contributed by atoms with Crippen molar-refractivity contribution in [2.45, 2.75) is 44.1 Å². The molecule has 0 saturated carbocycles. The number of hydrogen-bond acceptors (Lipinski definition) is 6. The van der Waals surface area contributed by atoms with Crippen molar-refractivity contribution in [2.75, 3.05) is 51.8 Å². The zero-order valence-electron chi connectivity index (χ0n) is 17.5. The second-order valence-corrected chi connectivity index (χ2v) is 7.32. The summed E-state index contributed by atoms with van der Waals surface area (Å²) >= 11 is 0. The van der Waals surface area contributed by atoms with Crippen molar-refractivity contribution in [3.8, 4) is 0 Å². The molecule has 2 aliphatic heterocycles. The molecule has 0 amide bonds. The average Bonchev–Trinajstić information content (AvgIpc) is 3.26. The van der Waals surface area contributed by atoms with Crippen molar-refractivity contribution in [3.05, 3.63) is 18.0 Å². The van der Waals surface area contributed by atoms with Gasteiger partial charge < -0.3 is 25.0 Å². The van der Waals surface area contributed by atoms with Crippen LogP contribution in [0.2, 0.25) is 0 Å². The van der Waals surface area contributed by atoms with Crippen LogP contribution in [-0.4, -0.2) is 79.5 Å². The summed E-state index contributed by atoms with van der Waals surface area (Å²) in [5.74, 6) is 0.713. The molecule has 8 nitrogen and oxygen atoms in total. The number of nitrogens with one attached hydrogen (secondary N) is 2. The van der Waals surface area contributed by atoms with Crippen molar-refractivity contribution in [2.24, 2.45) is 4.99 Å². The average molecular weight is 558 g/mol. The number of anilines is 1. The van der Waals surface area contributed by atoms with Gasteiger partial charge in [0.15, 0.2) is 5.96 Å². The van der Waals surface area contributed by atoms with Crippen molar-refractivity contribution >= 4 is 35.9 Å². The van der Waals surface area contributed by atoms with Crippen molar-refractivity contribution < 1.29 is 22.6 Å². The Morgan fingerprint density at radius 1 is 1.29 bits per heavy atom. The molecule has 0 aromatic carbocycles. The molecule has 1 atom stereocenters. The number of likely N-dealkylation sites (tertiary alicyclic amines) is 1. The molecule has 176 valence electrons. The fourth-order valence-electron chi connectivity index (χ4n) is 3.54. The summed E-state index contributed by atoms with van der Waals surface area (Å²) in [6.45, 7) is 4.01. The Kier molecular flexibility index (Phi) is 10.5. The minimum absolute atomic E-state index is 0. The summed E-state index contributed by atoms with van der Waals surface area (Å²) in [4.78, 5) is 13.8. The van der Waals surface area contributed by atoms with Crippen LogP contribution in [0.25, 0.3) is 0 Å². The van der Waals surface area contributed by atoms with Crippen molar-refractivity contribution in [1.29, 1.82) is 0 Å². The van der Waals surface area contributed by atoms with Gasteiger partial charge in [0.1, 0.15) is 5.69 Å². The maximum Gasteiger partial charge on any atom is 0.433 e. The first-order valence-electron chi connectivity index (χ1n) is 10.3. The molecule has 0 aliphatic carbocycles. The van der Waals surface area contributed by atoms with Crippen LogP contribution in [-0.2, 0) is 15.7 Å². The van der Waals surface area contributed by atoms with E-state index < -0.39 is 11.9 Å². The van der Waals surface area contributed by atoms with Gasteiger partial charge in [-0.15, -0.1) is 24.0 Å². The Labute approximate surface area is 197 Å². The maximum atomic E-state index is 12.7. The molecule has 1 aromatic heterocycles. The minimum Gasteiger partial charge on any atom is -0.376 e. The molecule has 0 bridgehead atoms. The van der Waals surface area contributed by atoms with Crippen LogP contribution in [0.4, 0.5) is 19.1 Å². The highest BCUT2D eigenvalue weighted by Gasteiger charge is 2.32. The van der Waals surface area contributed by atoms with Gasteiger partial charge in [-0.2, -0.15) is 13.2 Å². The third kappa shape index (κ3) is 8.22. The third-order valence-electron chi connectivity index (χ3n) is 5.13. The molecule has 2 N–H and O–H groups in total. The van der Waals surface area contributed by atoms with Crippen molar-refractivity contribution in [1.82, 2.24) is 20.2 Å². The van der Waals surface area contributed by atoms with Crippen LogP contribution in [0.3, 0.4) is 0 Å². The van der Waals surface area contributed by atoms with Gasteiger partial charge in [-0.1, -0.05) is 0 Å². The number of halogens is 4. The number of ether oxygens (including phenoxy) is 2. The molecule has 0 spiro atoms. The van der Waals surface area contributed by atoms with Gasteiger partial charge in [0.2, 0.25) is 5.95 Å². The number of alkyl halides is 3. The SMILES string of the molecule is CN=C(NCCNc1nccc(C(F)(F)F)n1)N1CCC(OCC2CCCO2)CC1.I. The first kappa shape index (κ1) is 25.8. The van der Waals surface area contributed by atoms with E-state index in [0.717, 1.165) is 63.6 Å². The summed E-state index contributed by atoms with van der Waals surface area (Å²) in [7, 11) is 1.71. The van der Waals surface area contributed by atoms with E-state index in [9.17, 15) is 13.2 Å². The highest BCUT2D eigenvalue weighted by Crippen LogP contribution is 2.27. The zero-order chi connectivity index (χ0) is 21.4. The molecule has 1 aromatic rings. The number of aromatic nitrogens is 2. The van der Waals surface area contributed by atoms with Gasteiger partial charge in [-0.3, -0.25) is 4.99 Å². The molecule has 2 saturated heterocycles. The lowest BCUT2D eigenvalue weighted by Crippen LogP contribution is -2.48. The molecule has 1 unspecified atom stereocenters. The monoisotopic (exact) mass is 558 g/mol. The topological polar surface area (TPSA) is 83.9 Å². The van der Waals surface area contributed by atoms with E-state index in [2.05, 4.69) is 30.5 Å². The molecule has 2 aliphatic rings. The molecule has 12 heteroatoms. The molecule has 2 fully saturated rings. The molecule has 3 rings (SSSR count). The number of rotatable bonds is 7. The molecule has 0 radical (unpaired) electrons. The fraction of sp³-hybridized carbons (Fsp3) is 0.737. The lowest BCUT2D eigenvalue weighted by molar-refractivity contribution is -0.141. The summed E-state index contributed by atoms with van der Waals surface area (Å²) in [5, 5.41) is 6.02. The van der Waals surface area contributed by atoms with Gasteiger partial charge in [0.25, 0.3) is 0 Å². The van der Waals surface area contributed by atoms with Crippen LogP contribution in [0.5, 0.6) is 0 Å². The highest BCUT2D eigenvalue weighted by atomic mass is 127. The predicted octanol–water partition coefficient (Wildman–Crippen LogP) is 2.76. The van der Waals surface area contributed by atoms with E-state index in [-0.39, 0.29) is 42.1 Å². The van der Waals surface area contributed by atoms with Crippen molar-refractivity contribution in [3.63, 3.8) is 0 Å². The number of guanidine groups is 1. The van der Waals surface area contributed by atoms with E-state index in [4.69, 9.17) is 9.47 Å². The van der Waals surface area contributed by atoms with Crippen LogP contribution in [0.15, 0.2) is 17.3 Å². The van der Waals surface area contributed by atoms with E-state index in [1.807, 2.05) is 0 Å². The first-order valence-corrected chi connectivity index (χ1v) is 10.3. The van der Waals surface area contributed by atoms with Crippen LogP contribution >= 0.6 is 24.0 Å². The van der Waals surface area contributed by atoms with Gasteiger partial charge in [0, 0.05) is 46.0 Å². The van der Waals surface area contributed by atoms with E-state index >= 15 is 0 Å². The minimum atomic E-state index is -4.49. The van der Waals surface area contributed by atoms with Gasteiger partial charge in [-0.05, 0) is 31.7 Å². The molecular weight excluding hydrogens is 528 g/mol. The Hall–Kier alpha value is -1.41. The largest absolute Gasteiger partial charge is 0.433 e. The van der Waals surface area contributed by atoms with Gasteiger partial charge in [0.05, 0.1) is 18.8 Å². The molecular formula is C19H30F3IN6O2. The highest BCUT2D eigenvalue weighted by molar-refractivity contribution is 14.0. The quantitative estimate of drug-likeness (QED) is 0.231. The van der Waals surface area contributed by atoms with Gasteiger partial charge >= 0.3 is 6.18 Å². The lowest BCUT2D eigenvalue weighted by atomic mass is 10.1. The normalized spacial score (nSPS) is 20.5. The Balaban J connectivity index is 0.00000341. The molecule has 31 heavy (non-hydrogen) atoms. The summed E-state index contributed by atoms with van der Waals surface area (Å²) in [6.07, 6.45) is 1.12. The Morgan fingerprint density at radius 2 is 2.06 bits per heavy atom. The second-order valence-electron chi connectivity index (χ2n) is 7.32. The predicted molar refractivity (Wildman–Crippen MR) is 122 cm³/mol. The fourth-order valence-corrected chi connectivity index (χ4v) is 3.54. The molecule has 3 heterocycles. The van der Waals surface area contributed by atoms with Crippen LogP contribution in [0, 0.1) is 0 Å². The summed E-state index contributed by atoms with van der Waals surface area (Å²) in [6, 6.07) is 0.847. The zero-order valence-corrected chi connectivity index (χ0v) is 19.9. The standard InChI is InChI=1S/C19H29F3N6O2.HI/c1-23-18(26-9-8-25-17-24-7-4-16(27-17)19(20,21)22)28-10-5-14(6-11-28)30-13-15-3-2-12-29-15;/h4,7,14-15H,2-3,5-6,8-13H2,1H3,(H,23,26)(H,24,25,27);1H. The summed E-state index contributed by atoms with van der Waals surface area (Å²) < 4.78 is 49.7. The van der Waals surface area contributed by atoms with Crippen LogP contribution in [0.1, 0.15) is 31.4 Å². The Morgan fingerprint density at radius 3 is 2.71 bits per heavy atom. The van der Waals surface area contributed by atoms with Crippen LogP contribution < -0.4 is 10.6 Å². The Bertz CT molecular complexity index is 695.